The van der Waals surface area contributed by atoms with E-state index in [9.17, 15) is 99.6 Å². The number of aromatic hydroxyl groups is 12. The van der Waals surface area contributed by atoms with Gasteiger partial charge in [-0.2, -0.15) is 0 Å². The van der Waals surface area contributed by atoms with Gasteiger partial charge in [0.2, 0.25) is 41.2 Å². The molecule has 0 spiro atoms. The predicted molar refractivity (Wildman–Crippen MR) is 203 cm³/mol. The van der Waals surface area contributed by atoms with E-state index in [1.165, 1.54) is 0 Å². The van der Waals surface area contributed by atoms with E-state index in [0.29, 0.717) is 30.3 Å². The van der Waals surface area contributed by atoms with E-state index in [0.717, 1.165) is 0 Å². The highest BCUT2D eigenvalue weighted by atomic mass is 16.7. The van der Waals surface area contributed by atoms with Crippen LogP contribution in [-0.2, 0) is 47.6 Å². The quantitative estimate of drug-likeness (QED) is 0.0544. The molecule has 0 radical (unpaired) electrons. The zero-order valence-electron chi connectivity index (χ0n) is 32.7. The fraction of sp³-hybridized carbons (Fsp3) is 0.171. The molecule has 0 saturated carbocycles. The molecule has 0 aromatic heterocycles. The molecule has 3 aliphatic heterocycles. The Labute approximate surface area is 368 Å². The molecule has 346 valence electrons. The number of rotatable bonds is 2. The van der Waals surface area contributed by atoms with Crippen molar-refractivity contribution in [3.63, 3.8) is 0 Å². The number of phenolic OH excluding ortho intramolecular Hbond substituents is 12. The van der Waals surface area contributed by atoms with E-state index in [-0.39, 0.29) is 6.08 Å². The average molecular weight is 935 g/mol. The Morgan fingerprint density at radius 3 is 1.58 bits per heavy atom. The molecule has 3 heterocycles. The summed E-state index contributed by atoms with van der Waals surface area (Å²) in [6.45, 7) is -1.32. The number of fused-ring (bicyclic) bond motifs is 6. The maximum Gasteiger partial charge on any atom is 0.340 e. The van der Waals surface area contributed by atoms with Gasteiger partial charge < -0.3 is 89.7 Å². The molecule has 4 aromatic carbocycles. The standard InChI is InChI=1S/C41H26O26/c42-13-1-8(2-14(43)24(13)48)36(57)67-41-35-34-33(64-38(59)10-4-16(45)27(51)31(55)22(10)23-12(40(61)66-35)6-18(47)28(52)32(23)56)19(63-41)7-62-37(58)9-3-15(44)25(49)29(53)20(9)21-11(39(60)65-34)5-17(46)26(50)30(21)54/h1-6,19,22,33-35,41-44,46-50,52-54,56H,7H2. The molecule has 8 rings (SSSR count). The molecule has 4 bridgehead atoms. The van der Waals surface area contributed by atoms with E-state index in [1.807, 2.05) is 0 Å². The second-order valence-electron chi connectivity index (χ2n) is 14.7. The van der Waals surface area contributed by atoms with Crippen LogP contribution in [0.15, 0.2) is 42.0 Å². The number of ether oxygens (including phenoxy) is 6. The van der Waals surface area contributed by atoms with Gasteiger partial charge in [0, 0.05) is 22.8 Å². The van der Waals surface area contributed by atoms with E-state index >= 15 is 0 Å². The number of benzene rings is 4. The maximum absolute atomic E-state index is 14.6. The first-order valence-corrected chi connectivity index (χ1v) is 18.6. The molecule has 6 unspecified atom stereocenters. The van der Waals surface area contributed by atoms with Crippen LogP contribution in [-0.4, -0.2) is 146 Å². The third kappa shape index (κ3) is 6.95. The molecular weight excluding hydrogens is 908 g/mol. The Hall–Kier alpha value is -9.46. The minimum atomic E-state index is -2.61. The van der Waals surface area contributed by atoms with Crippen molar-refractivity contribution >= 4 is 47.2 Å². The lowest BCUT2D eigenvalue weighted by Crippen LogP contribution is -2.63. The maximum atomic E-state index is 14.6. The van der Waals surface area contributed by atoms with Crippen LogP contribution in [0.5, 0.6) is 69.0 Å². The van der Waals surface area contributed by atoms with Crippen molar-refractivity contribution in [1.29, 1.82) is 0 Å². The topological polar surface area (TPSA) is 435 Å². The van der Waals surface area contributed by atoms with Crippen molar-refractivity contribution in [2.75, 3.05) is 6.61 Å². The lowest BCUT2D eigenvalue weighted by Gasteiger charge is -2.44. The summed E-state index contributed by atoms with van der Waals surface area (Å²) >= 11 is 0. The second kappa shape index (κ2) is 15.7. The Morgan fingerprint density at radius 1 is 0.522 bits per heavy atom. The second-order valence-corrected chi connectivity index (χ2v) is 14.7. The van der Waals surface area contributed by atoms with Gasteiger partial charge in [-0.15, -0.1) is 0 Å². The molecule has 4 aliphatic rings. The van der Waals surface area contributed by atoms with Gasteiger partial charge in [0.25, 0.3) is 5.78 Å². The van der Waals surface area contributed by atoms with E-state index in [1.54, 1.807) is 0 Å². The van der Waals surface area contributed by atoms with Crippen LogP contribution in [0.1, 0.15) is 52.9 Å². The minimum absolute atomic E-state index is 0.231. The zero-order chi connectivity index (χ0) is 48.8. The van der Waals surface area contributed by atoms with Gasteiger partial charge in [-0.1, -0.05) is 0 Å². The molecule has 12 N–H and O–H groups in total. The Kier molecular flexibility index (Phi) is 10.3. The average Bonchev–Trinajstić information content (AvgIpc) is 3.28. The lowest BCUT2D eigenvalue weighted by atomic mass is 9.78. The van der Waals surface area contributed by atoms with Crippen LogP contribution in [0.25, 0.3) is 11.1 Å². The summed E-state index contributed by atoms with van der Waals surface area (Å²) in [6, 6.07) is 2.22. The summed E-state index contributed by atoms with van der Waals surface area (Å²) in [4.78, 5) is 110. The number of allylic oxidation sites excluding steroid dienone is 1. The summed E-state index contributed by atoms with van der Waals surface area (Å²) < 4.78 is 33.5. The molecule has 26 heteroatoms. The first kappa shape index (κ1) is 44.2. The minimum Gasteiger partial charge on any atom is -0.504 e. The molecule has 1 fully saturated rings. The van der Waals surface area contributed by atoms with Gasteiger partial charge >= 0.3 is 29.8 Å². The number of hydrogen-bond donors (Lipinski definition) is 12. The third-order valence-electron chi connectivity index (χ3n) is 10.8. The number of ketones is 3. The number of Topliss-reactive ketones (excluding diaryl/α,β-unsaturated/α-hetero) is 2. The predicted octanol–water partition coefficient (Wildman–Crippen LogP) is -0.0196. The van der Waals surface area contributed by atoms with Gasteiger partial charge in [0.1, 0.15) is 12.7 Å². The smallest absolute Gasteiger partial charge is 0.340 e. The molecule has 4 aromatic rings. The van der Waals surface area contributed by atoms with Crippen molar-refractivity contribution < 1.29 is 128 Å². The van der Waals surface area contributed by atoms with E-state index < -0.39 is 204 Å². The SMILES string of the molecule is O=C1C=C2C(=O)OC3C4COC(=O)c5cc(O)c(O)c(O)c5-c5c(cc(O)c(O)c5O)C(=O)OC3C(OC(=O)c3cc(O)c(O)c(O)c3C2C(=O)C1=O)C(OC(=O)c1cc(O)c(O)c(O)c1)O4. The molecule has 6 atom stereocenters. The van der Waals surface area contributed by atoms with Gasteiger partial charge in [0.05, 0.1) is 33.7 Å². The monoisotopic (exact) mass is 934 g/mol. The first-order chi connectivity index (χ1) is 31.5. The summed E-state index contributed by atoms with van der Waals surface area (Å²) in [5.74, 6) is -32.8. The molecule has 26 nitrogen and oxygen atoms in total. The number of carbonyl (C=O) groups excluding carboxylic acids is 8. The van der Waals surface area contributed by atoms with Crippen LogP contribution in [0.2, 0.25) is 0 Å². The normalized spacial score (nSPS) is 22.6. The summed E-state index contributed by atoms with van der Waals surface area (Å²) in [5.41, 5.74) is -8.79. The van der Waals surface area contributed by atoms with Crippen molar-refractivity contribution in [3.05, 3.63) is 69.8 Å². The van der Waals surface area contributed by atoms with Crippen LogP contribution in [0, 0.1) is 0 Å². The van der Waals surface area contributed by atoms with E-state index in [4.69, 9.17) is 28.4 Å². The van der Waals surface area contributed by atoms with Gasteiger partial charge in [0.15, 0.2) is 64.0 Å². The van der Waals surface area contributed by atoms with Crippen LogP contribution in [0.3, 0.4) is 0 Å². The Morgan fingerprint density at radius 2 is 1.00 bits per heavy atom. The Bertz CT molecular complexity index is 3000. The van der Waals surface area contributed by atoms with Gasteiger partial charge in [-0.05, 0) is 30.3 Å². The Balaban J connectivity index is 1.39. The highest BCUT2D eigenvalue weighted by molar-refractivity contribution is 6.69. The largest absolute Gasteiger partial charge is 0.504 e. The fourth-order valence-electron chi connectivity index (χ4n) is 7.59. The van der Waals surface area contributed by atoms with Gasteiger partial charge in [-0.3, -0.25) is 14.4 Å². The van der Waals surface area contributed by atoms with Gasteiger partial charge in [-0.25, -0.2) is 24.0 Å². The molecular formula is C41H26O26. The lowest BCUT2D eigenvalue weighted by molar-refractivity contribution is -0.286. The fourth-order valence-corrected chi connectivity index (χ4v) is 7.59. The van der Waals surface area contributed by atoms with Crippen molar-refractivity contribution in [2.24, 2.45) is 0 Å². The van der Waals surface area contributed by atoms with Crippen LogP contribution in [0.4, 0.5) is 0 Å². The van der Waals surface area contributed by atoms with Crippen LogP contribution >= 0.6 is 0 Å². The van der Waals surface area contributed by atoms with E-state index in [2.05, 4.69) is 0 Å². The first-order valence-electron chi connectivity index (χ1n) is 18.6. The molecule has 0 amide bonds. The molecule has 67 heavy (non-hydrogen) atoms. The number of esters is 5. The third-order valence-corrected chi connectivity index (χ3v) is 10.8. The van der Waals surface area contributed by atoms with Crippen molar-refractivity contribution in [3.8, 4) is 80.1 Å². The zero-order valence-corrected chi connectivity index (χ0v) is 32.7. The number of hydrogen-bond acceptors (Lipinski definition) is 26. The molecule has 1 saturated heterocycles. The summed E-state index contributed by atoms with van der Waals surface area (Å²) in [7, 11) is 0. The van der Waals surface area contributed by atoms with Crippen molar-refractivity contribution in [2.45, 2.75) is 36.6 Å². The highest BCUT2D eigenvalue weighted by Gasteiger charge is 2.57. The summed E-state index contributed by atoms with van der Waals surface area (Å²) in [5, 5.41) is 126. The number of phenols is 12. The number of carbonyl (C=O) groups is 8. The number of cyclic esters (lactones) is 1. The summed E-state index contributed by atoms with van der Waals surface area (Å²) in [6.07, 6.45) is -12.2. The highest BCUT2D eigenvalue weighted by Crippen LogP contribution is 2.53. The molecule has 1 aliphatic carbocycles. The van der Waals surface area contributed by atoms with Crippen LogP contribution < -0.4 is 0 Å². The van der Waals surface area contributed by atoms with Crippen molar-refractivity contribution in [1.82, 2.24) is 0 Å².